The molecule has 1 aromatic heterocycles. The summed E-state index contributed by atoms with van der Waals surface area (Å²) in [6, 6.07) is 7.68. The molecule has 4 nitrogen and oxygen atoms in total. The fourth-order valence-corrected chi connectivity index (χ4v) is 3.16. The van der Waals surface area contributed by atoms with Crippen LogP contribution in [0, 0.1) is 11.3 Å². The third kappa shape index (κ3) is 2.79. The number of aromatic nitrogens is 3. The summed E-state index contributed by atoms with van der Waals surface area (Å²) >= 11 is 12.6. The zero-order chi connectivity index (χ0) is 14.6. The summed E-state index contributed by atoms with van der Waals surface area (Å²) in [5.41, 5.74) is -0.138. The second kappa shape index (κ2) is 6.25. The average molecular weight is 309 g/mol. The zero-order valence-electron chi connectivity index (χ0n) is 11.1. The zero-order valence-corrected chi connectivity index (χ0v) is 12.6. The number of benzene rings is 1. The lowest BCUT2D eigenvalue weighted by molar-refractivity contribution is 0.398. The second-order valence-electron chi connectivity index (χ2n) is 4.63. The van der Waals surface area contributed by atoms with Gasteiger partial charge >= 0.3 is 0 Å². The maximum atomic E-state index is 9.78. The molecule has 104 valence electrons. The third-order valence-electron chi connectivity index (χ3n) is 3.23. The number of hydrogen-bond acceptors (Lipinski definition) is 3. The molecule has 0 saturated heterocycles. The first-order valence-corrected chi connectivity index (χ1v) is 7.06. The van der Waals surface area contributed by atoms with Gasteiger partial charge in [-0.25, -0.2) is 4.98 Å². The Morgan fingerprint density at radius 2 is 2.05 bits per heavy atom. The van der Waals surface area contributed by atoms with Crippen LogP contribution >= 0.6 is 23.2 Å². The molecule has 0 bridgehead atoms. The molecule has 0 aliphatic carbocycles. The molecular weight excluding hydrogens is 295 g/mol. The quantitative estimate of drug-likeness (QED) is 0.843. The second-order valence-corrected chi connectivity index (χ2v) is 5.45. The predicted octanol–water partition coefficient (Wildman–Crippen LogP) is 3.85. The SMILES string of the molecule is CCCC(C#N)(Cn1cncn1)c1c(Cl)cccc1Cl. The van der Waals surface area contributed by atoms with Crippen LogP contribution in [0.1, 0.15) is 25.3 Å². The fraction of sp³-hybridized carbons (Fsp3) is 0.357. The van der Waals surface area contributed by atoms with Crippen LogP contribution in [0.4, 0.5) is 0 Å². The molecule has 2 rings (SSSR count). The van der Waals surface area contributed by atoms with Gasteiger partial charge in [0.1, 0.15) is 18.1 Å². The van der Waals surface area contributed by atoms with Crippen LogP contribution in [0.25, 0.3) is 0 Å². The van der Waals surface area contributed by atoms with E-state index in [2.05, 4.69) is 16.2 Å². The smallest absolute Gasteiger partial charge is 0.137 e. The Bertz CT molecular complexity index is 598. The van der Waals surface area contributed by atoms with Gasteiger partial charge in [0.15, 0.2) is 0 Å². The highest BCUT2D eigenvalue weighted by Gasteiger charge is 2.36. The van der Waals surface area contributed by atoms with E-state index in [9.17, 15) is 5.26 Å². The molecule has 0 radical (unpaired) electrons. The molecule has 6 heteroatoms. The van der Waals surface area contributed by atoms with Gasteiger partial charge in [-0.1, -0.05) is 42.6 Å². The minimum absolute atomic E-state index is 0.376. The van der Waals surface area contributed by atoms with Crippen LogP contribution in [0.15, 0.2) is 30.9 Å². The number of nitriles is 1. The molecule has 1 atom stereocenters. The Morgan fingerprint density at radius 1 is 1.35 bits per heavy atom. The maximum absolute atomic E-state index is 9.78. The van der Waals surface area contributed by atoms with Gasteiger partial charge in [-0.05, 0) is 18.6 Å². The van der Waals surface area contributed by atoms with Crippen molar-refractivity contribution >= 4 is 23.2 Å². The van der Waals surface area contributed by atoms with E-state index in [1.165, 1.54) is 6.33 Å². The molecular formula is C14H14Cl2N4. The van der Waals surface area contributed by atoms with Gasteiger partial charge in [0.05, 0.1) is 12.6 Å². The molecule has 0 saturated carbocycles. The summed E-state index contributed by atoms with van der Waals surface area (Å²) in [7, 11) is 0. The van der Waals surface area contributed by atoms with Crippen molar-refractivity contribution < 1.29 is 0 Å². The van der Waals surface area contributed by atoms with Gasteiger partial charge in [-0.3, -0.25) is 4.68 Å². The first-order valence-electron chi connectivity index (χ1n) is 6.31. The molecule has 0 N–H and O–H groups in total. The van der Waals surface area contributed by atoms with E-state index in [-0.39, 0.29) is 0 Å². The number of rotatable bonds is 5. The minimum atomic E-state index is -0.808. The van der Waals surface area contributed by atoms with Crippen LogP contribution in [0.5, 0.6) is 0 Å². The van der Waals surface area contributed by atoms with E-state index in [1.807, 2.05) is 6.92 Å². The van der Waals surface area contributed by atoms with E-state index in [0.29, 0.717) is 28.6 Å². The first-order chi connectivity index (χ1) is 9.63. The highest BCUT2D eigenvalue weighted by atomic mass is 35.5. The van der Waals surface area contributed by atoms with Crippen molar-refractivity contribution in [2.75, 3.05) is 0 Å². The lowest BCUT2D eigenvalue weighted by Crippen LogP contribution is -2.31. The molecule has 0 amide bonds. The molecule has 0 spiro atoms. The Balaban J connectivity index is 2.54. The predicted molar refractivity (Wildman–Crippen MR) is 78.7 cm³/mol. The maximum Gasteiger partial charge on any atom is 0.137 e. The average Bonchev–Trinajstić information content (AvgIpc) is 2.91. The molecule has 1 heterocycles. The summed E-state index contributed by atoms with van der Waals surface area (Å²) in [4.78, 5) is 3.92. The highest BCUT2D eigenvalue weighted by molar-refractivity contribution is 6.36. The van der Waals surface area contributed by atoms with Gasteiger partial charge < -0.3 is 0 Å². The van der Waals surface area contributed by atoms with Crippen LogP contribution in [0.2, 0.25) is 10.0 Å². The van der Waals surface area contributed by atoms with Gasteiger partial charge in [0, 0.05) is 15.6 Å². The van der Waals surface area contributed by atoms with Crippen molar-refractivity contribution in [2.24, 2.45) is 0 Å². The van der Waals surface area contributed by atoms with Crippen LogP contribution in [0.3, 0.4) is 0 Å². The van der Waals surface area contributed by atoms with Gasteiger partial charge in [-0.15, -0.1) is 0 Å². The summed E-state index contributed by atoms with van der Waals surface area (Å²) < 4.78 is 1.64. The van der Waals surface area contributed by atoms with E-state index in [1.54, 1.807) is 29.2 Å². The lowest BCUT2D eigenvalue weighted by atomic mass is 9.78. The molecule has 2 aromatic rings. The van der Waals surface area contributed by atoms with Crippen molar-refractivity contribution in [3.63, 3.8) is 0 Å². The van der Waals surface area contributed by atoms with Crippen molar-refractivity contribution in [3.05, 3.63) is 46.5 Å². The van der Waals surface area contributed by atoms with Crippen molar-refractivity contribution in [1.29, 1.82) is 5.26 Å². The number of halogens is 2. The fourth-order valence-electron chi connectivity index (χ4n) is 2.40. The van der Waals surface area contributed by atoms with E-state index >= 15 is 0 Å². The van der Waals surface area contributed by atoms with E-state index < -0.39 is 5.41 Å². The summed E-state index contributed by atoms with van der Waals surface area (Å²) in [5, 5.41) is 14.9. The number of hydrogen-bond donors (Lipinski definition) is 0. The van der Waals surface area contributed by atoms with E-state index in [0.717, 1.165) is 6.42 Å². The van der Waals surface area contributed by atoms with Crippen LogP contribution < -0.4 is 0 Å². The molecule has 0 fully saturated rings. The summed E-state index contributed by atoms with van der Waals surface area (Å²) in [5.74, 6) is 0. The Hall–Kier alpha value is -1.57. The summed E-state index contributed by atoms with van der Waals surface area (Å²) in [6.45, 7) is 2.40. The number of nitrogens with zero attached hydrogens (tertiary/aromatic N) is 4. The summed E-state index contributed by atoms with van der Waals surface area (Å²) in [6.07, 6.45) is 4.52. The Morgan fingerprint density at radius 3 is 2.55 bits per heavy atom. The largest absolute Gasteiger partial charge is 0.251 e. The Labute approximate surface area is 128 Å². The lowest BCUT2D eigenvalue weighted by Gasteiger charge is -2.28. The normalized spacial score (nSPS) is 13.7. The first kappa shape index (κ1) is 14.8. The van der Waals surface area contributed by atoms with Crippen molar-refractivity contribution in [1.82, 2.24) is 14.8 Å². The third-order valence-corrected chi connectivity index (χ3v) is 3.86. The molecule has 0 aliphatic rings. The van der Waals surface area contributed by atoms with Crippen molar-refractivity contribution in [3.8, 4) is 6.07 Å². The minimum Gasteiger partial charge on any atom is -0.251 e. The Kier molecular flexibility index (Phi) is 4.64. The molecule has 1 unspecified atom stereocenters. The molecule has 20 heavy (non-hydrogen) atoms. The monoisotopic (exact) mass is 308 g/mol. The van der Waals surface area contributed by atoms with Crippen LogP contribution in [-0.2, 0) is 12.0 Å². The van der Waals surface area contributed by atoms with E-state index in [4.69, 9.17) is 23.2 Å². The van der Waals surface area contributed by atoms with Crippen LogP contribution in [-0.4, -0.2) is 14.8 Å². The molecule has 1 aromatic carbocycles. The van der Waals surface area contributed by atoms with Gasteiger partial charge in [0.25, 0.3) is 0 Å². The molecule has 0 aliphatic heterocycles. The van der Waals surface area contributed by atoms with Gasteiger partial charge in [0.2, 0.25) is 0 Å². The standard InChI is InChI=1S/C14H14Cl2N4/c1-2-6-14(7-17,8-20-10-18-9-19-20)13-11(15)4-3-5-12(13)16/h3-5,9-10H,2,6,8H2,1H3. The van der Waals surface area contributed by atoms with Crippen molar-refractivity contribution in [2.45, 2.75) is 31.7 Å². The van der Waals surface area contributed by atoms with Gasteiger partial charge in [-0.2, -0.15) is 10.4 Å². The topological polar surface area (TPSA) is 54.5 Å². The highest BCUT2D eigenvalue weighted by Crippen LogP contribution is 2.39.